The smallest absolute Gasteiger partial charge is 0.310 e. The Balaban J connectivity index is 3.10. The largest absolute Gasteiger partial charge is 0.469 e. The molecule has 0 N–H and O–H groups in total. The molecule has 0 atom stereocenters. The fourth-order valence-electron chi connectivity index (χ4n) is 1.09. The molecule has 0 saturated carbocycles. The summed E-state index contributed by atoms with van der Waals surface area (Å²) in [5, 5.41) is 0. The van der Waals surface area contributed by atoms with Crippen molar-refractivity contribution >= 4 is 12.3 Å². The molecule has 1 aromatic carbocycles. The highest BCUT2D eigenvalue weighted by Crippen LogP contribution is 2.14. The minimum absolute atomic E-state index is 0.0562. The molecule has 0 saturated heterocycles. The van der Waals surface area contributed by atoms with Crippen LogP contribution in [0.4, 0.5) is 8.78 Å². The molecule has 5 heteroatoms. The minimum atomic E-state index is -1.12. The molecule has 1 aromatic rings. The van der Waals surface area contributed by atoms with Gasteiger partial charge < -0.3 is 4.74 Å². The van der Waals surface area contributed by atoms with Gasteiger partial charge in [-0.1, -0.05) is 0 Å². The van der Waals surface area contributed by atoms with E-state index in [2.05, 4.69) is 4.74 Å². The van der Waals surface area contributed by atoms with Crippen LogP contribution in [0.5, 0.6) is 0 Å². The van der Waals surface area contributed by atoms with Crippen LogP contribution in [0.25, 0.3) is 0 Å². The standard InChI is InChI=1S/C10H8F2O3/c1-15-10(14)4-6-2-8(11)9(12)3-7(6)5-13/h2-3,5H,4H2,1H3. The molecule has 0 aromatic heterocycles. The van der Waals surface area contributed by atoms with E-state index in [-0.39, 0.29) is 17.5 Å². The fraction of sp³-hybridized carbons (Fsp3) is 0.200. The second-order valence-corrected chi connectivity index (χ2v) is 2.84. The van der Waals surface area contributed by atoms with E-state index in [4.69, 9.17) is 0 Å². The van der Waals surface area contributed by atoms with Crippen LogP contribution in [-0.4, -0.2) is 19.4 Å². The number of halogens is 2. The monoisotopic (exact) mass is 214 g/mol. The van der Waals surface area contributed by atoms with Gasteiger partial charge in [-0.15, -0.1) is 0 Å². The van der Waals surface area contributed by atoms with Crippen molar-refractivity contribution in [3.05, 3.63) is 34.9 Å². The second kappa shape index (κ2) is 4.63. The highest BCUT2D eigenvalue weighted by Gasteiger charge is 2.12. The van der Waals surface area contributed by atoms with E-state index in [1.54, 1.807) is 0 Å². The van der Waals surface area contributed by atoms with E-state index < -0.39 is 17.6 Å². The van der Waals surface area contributed by atoms with Crippen molar-refractivity contribution in [2.24, 2.45) is 0 Å². The van der Waals surface area contributed by atoms with Gasteiger partial charge in [0, 0.05) is 5.56 Å². The molecular weight excluding hydrogens is 206 g/mol. The lowest BCUT2D eigenvalue weighted by Gasteiger charge is -2.04. The Bertz CT molecular complexity index is 402. The van der Waals surface area contributed by atoms with Crippen LogP contribution < -0.4 is 0 Å². The summed E-state index contributed by atoms with van der Waals surface area (Å²) in [6.07, 6.45) is 0.0998. The number of methoxy groups -OCH3 is 1. The van der Waals surface area contributed by atoms with Crippen LogP contribution in [0.2, 0.25) is 0 Å². The molecule has 0 bridgehead atoms. The van der Waals surface area contributed by atoms with Crippen molar-refractivity contribution in [1.82, 2.24) is 0 Å². The van der Waals surface area contributed by atoms with E-state index in [1.165, 1.54) is 7.11 Å². The summed E-state index contributed by atoms with van der Waals surface area (Å²) in [6.45, 7) is 0. The van der Waals surface area contributed by atoms with Gasteiger partial charge in [0.2, 0.25) is 0 Å². The quantitative estimate of drug-likeness (QED) is 0.565. The number of benzene rings is 1. The molecule has 15 heavy (non-hydrogen) atoms. The highest BCUT2D eigenvalue weighted by atomic mass is 19.2. The zero-order valence-corrected chi connectivity index (χ0v) is 7.92. The number of rotatable bonds is 3. The normalized spacial score (nSPS) is 9.80. The van der Waals surface area contributed by atoms with Crippen molar-refractivity contribution in [2.75, 3.05) is 7.11 Å². The molecule has 3 nitrogen and oxygen atoms in total. The summed E-state index contributed by atoms with van der Waals surface area (Å²) in [5.41, 5.74) is 0.0510. The van der Waals surface area contributed by atoms with Crippen molar-refractivity contribution in [3.8, 4) is 0 Å². The first-order valence-corrected chi connectivity index (χ1v) is 4.08. The van der Waals surface area contributed by atoms with Gasteiger partial charge in [0.15, 0.2) is 11.6 Å². The maximum Gasteiger partial charge on any atom is 0.310 e. The van der Waals surface area contributed by atoms with E-state index in [0.717, 1.165) is 12.1 Å². The Hall–Kier alpha value is -1.78. The third kappa shape index (κ3) is 2.59. The SMILES string of the molecule is COC(=O)Cc1cc(F)c(F)cc1C=O. The molecule has 0 unspecified atom stereocenters. The van der Waals surface area contributed by atoms with Gasteiger partial charge in [-0.2, -0.15) is 0 Å². The molecule has 0 radical (unpaired) electrons. The number of hydrogen-bond acceptors (Lipinski definition) is 3. The average molecular weight is 214 g/mol. The van der Waals surface area contributed by atoms with Crippen molar-refractivity contribution in [3.63, 3.8) is 0 Å². The summed E-state index contributed by atoms with van der Waals surface area (Å²) in [4.78, 5) is 21.4. The van der Waals surface area contributed by atoms with Gasteiger partial charge in [-0.25, -0.2) is 8.78 Å². The summed E-state index contributed by atoms with van der Waals surface area (Å²) < 4.78 is 29.9. The van der Waals surface area contributed by atoms with Crippen LogP contribution >= 0.6 is 0 Å². The van der Waals surface area contributed by atoms with Crippen LogP contribution in [-0.2, 0) is 16.0 Å². The zero-order chi connectivity index (χ0) is 11.4. The Morgan fingerprint density at radius 1 is 1.40 bits per heavy atom. The third-order valence-corrected chi connectivity index (χ3v) is 1.87. The number of esters is 1. The highest BCUT2D eigenvalue weighted by molar-refractivity contribution is 5.81. The van der Waals surface area contributed by atoms with Gasteiger partial charge in [0.05, 0.1) is 13.5 Å². The topological polar surface area (TPSA) is 43.4 Å². The summed E-state index contributed by atoms with van der Waals surface area (Å²) in [6, 6.07) is 1.57. The second-order valence-electron chi connectivity index (χ2n) is 2.84. The molecule has 0 amide bonds. The van der Waals surface area contributed by atoms with Gasteiger partial charge in [-0.3, -0.25) is 9.59 Å². The third-order valence-electron chi connectivity index (χ3n) is 1.87. The summed E-state index contributed by atoms with van der Waals surface area (Å²) in [5.74, 6) is -2.84. The lowest BCUT2D eigenvalue weighted by molar-refractivity contribution is -0.139. The zero-order valence-electron chi connectivity index (χ0n) is 7.92. The molecule has 0 aliphatic rings. The summed E-state index contributed by atoms with van der Waals surface area (Å²) >= 11 is 0. The van der Waals surface area contributed by atoms with Crippen LogP contribution in [0.3, 0.4) is 0 Å². The van der Waals surface area contributed by atoms with Crippen molar-refractivity contribution in [1.29, 1.82) is 0 Å². The lowest BCUT2D eigenvalue weighted by Crippen LogP contribution is -2.07. The van der Waals surface area contributed by atoms with E-state index in [1.807, 2.05) is 0 Å². The van der Waals surface area contributed by atoms with Crippen LogP contribution in [0, 0.1) is 11.6 Å². The molecule has 0 aliphatic carbocycles. The maximum atomic E-state index is 12.8. The molecule has 0 heterocycles. The van der Waals surface area contributed by atoms with Gasteiger partial charge in [0.1, 0.15) is 6.29 Å². The Morgan fingerprint density at radius 3 is 2.53 bits per heavy atom. The van der Waals surface area contributed by atoms with E-state index in [0.29, 0.717) is 6.29 Å². The van der Waals surface area contributed by atoms with Crippen LogP contribution in [0.1, 0.15) is 15.9 Å². The number of aldehydes is 1. The maximum absolute atomic E-state index is 12.8. The van der Waals surface area contributed by atoms with Crippen molar-refractivity contribution < 1.29 is 23.1 Å². The minimum Gasteiger partial charge on any atom is -0.469 e. The molecule has 0 fully saturated rings. The number of ether oxygens (including phenoxy) is 1. The number of hydrogen-bond donors (Lipinski definition) is 0. The average Bonchev–Trinajstić information content (AvgIpc) is 2.22. The molecule has 0 aliphatic heterocycles. The van der Waals surface area contributed by atoms with Gasteiger partial charge >= 0.3 is 5.97 Å². The lowest BCUT2D eigenvalue weighted by atomic mass is 10.1. The summed E-state index contributed by atoms with van der Waals surface area (Å²) in [7, 11) is 1.17. The molecular formula is C10H8F2O3. The first-order chi connectivity index (χ1) is 7.08. The Kier molecular flexibility index (Phi) is 3.49. The Labute approximate surface area is 84.7 Å². The van der Waals surface area contributed by atoms with E-state index in [9.17, 15) is 18.4 Å². The first kappa shape index (κ1) is 11.3. The molecule has 80 valence electrons. The van der Waals surface area contributed by atoms with E-state index >= 15 is 0 Å². The fourth-order valence-corrected chi connectivity index (χ4v) is 1.09. The van der Waals surface area contributed by atoms with Crippen LogP contribution in [0.15, 0.2) is 12.1 Å². The number of carbonyl (C=O) groups is 2. The predicted molar refractivity (Wildman–Crippen MR) is 47.5 cm³/mol. The molecule has 1 rings (SSSR count). The predicted octanol–water partition coefficient (Wildman–Crippen LogP) is 1.49. The molecule has 0 spiro atoms. The van der Waals surface area contributed by atoms with Gasteiger partial charge in [0.25, 0.3) is 0 Å². The Morgan fingerprint density at radius 2 is 2.00 bits per heavy atom. The van der Waals surface area contributed by atoms with Gasteiger partial charge in [-0.05, 0) is 17.7 Å². The van der Waals surface area contributed by atoms with Crippen molar-refractivity contribution in [2.45, 2.75) is 6.42 Å². The first-order valence-electron chi connectivity index (χ1n) is 4.08. The number of carbonyl (C=O) groups excluding carboxylic acids is 2.